The van der Waals surface area contributed by atoms with Crippen LogP contribution in [0.2, 0.25) is 0 Å². The molecule has 9 nitrogen and oxygen atoms in total. The molecule has 1 fully saturated rings. The summed E-state index contributed by atoms with van der Waals surface area (Å²) < 4.78 is 23.6. The maximum Gasteiger partial charge on any atom is 0.352 e. The number of hydrogen-bond donors (Lipinski definition) is 1. The minimum absolute atomic E-state index is 0.0137. The van der Waals surface area contributed by atoms with E-state index >= 15 is 0 Å². The molecule has 1 unspecified atom stereocenters. The van der Waals surface area contributed by atoms with E-state index in [1.165, 1.54) is 38.5 Å². The summed E-state index contributed by atoms with van der Waals surface area (Å²) in [6.07, 6.45) is 1.59. The minimum Gasteiger partial charge on any atom is -0.376 e. The summed E-state index contributed by atoms with van der Waals surface area (Å²) in [5.41, 5.74) is -0.344. The van der Waals surface area contributed by atoms with Gasteiger partial charge in [-0.25, -0.2) is 18.3 Å². The number of carbonyl (C=O) groups excluding carboxylic acids is 1. The van der Waals surface area contributed by atoms with Crippen molar-refractivity contribution in [3.8, 4) is 0 Å². The number of anilines is 1. The summed E-state index contributed by atoms with van der Waals surface area (Å²) in [5, 5.41) is 8.44. The Balaban J connectivity index is 1.56. The van der Waals surface area contributed by atoms with Gasteiger partial charge in [0.15, 0.2) is 0 Å². The van der Waals surface area contributed by atoms with Crippen molar-refractivity contribution >= 4 is 38.9 Å². The van der Waals surface area contributed by atoms with Crippen molar-refractivity contribution in [2.45, 2.75) is 32.0 Å². The molecule has 1 aliphatic rings. The highest BCUT2D eigenvalue weighted by Crippen LogP contribution is 2.19. The van der Waals surface area contributed by atoms with E-state index in [9.17, 15) is 18.8 Å². The van der Waals surface area contributed by atoms with Gasteiger partial charge in [0.25, 0.3) is 5.56 Å². The monoisotopic (exact) mass is 443 g/mol. The molecule has 0 saturated carbocycles. The fourth-order valence-electron chi connectivity index (χ4n) is 3.78. The molecule has 1 amide bonds. The molecule has 4 heterocycles. The first-order valence-electron chi connectivity index (χ1n) is 9.78. The topological polar surface area (TPSA) is 99.6 Å². The third kappa shape index (κ3) is 3.45. The first kappa shape index (κ1) is 19.6. The number of carbonyl (C=O) groups is 1. The molecule has 0 radical (unpaired) electrons. The standard InChI is InChI=1S/C20H18FN5O4S/c21-13-5-1-2-6-14(13)22-16(27)11-25-20(29)26-15-7-9-31-17(15)18(28)24(19(26)23-25)10-12-4-3-8-30-12/h1-2,5-7,9,12H,3-4,8,10-11H2,(H,22,27). The van der Waals surface area contributed by atoms with Crippen LogP contribution in [0.5, 0.6) is 0 Å². The van der Waals surface area contributed by atoms with E-state index in [4.69, 9.17) is 4.74 Å². The maximum absolute atomic E-state index is 13.8. The molecule has 11 heteroatoms. The predicted octanol–water partition coefficient (Wildman–Crippen LogP) is 1.83. The van der Waals surface area contributed by atoms with Gasteiger partial charge >= 0.3 is 5.69 Å². The molecule has 1 saturated heterocycles. The second-order valence-corrected chi connectivity index (χ2v) is 8.21. The summed E-state index contributed by atoms with van der Waals surface area (Å²) in [6.45, 7) is 0.483. The number of aromatic nitrogens is 4. The summed E-state index contributed by atoms with van der Waals surface area (Å²) in [6, 6.07) is 7.43. The van der Waals surface area contributed by atoms with Gasteiger partial charge in [0, 0.05) is 6.61 Å². The van der Waals surface area contributed by atoms with Crippen LogP contribution in [-0.4, -0.2) is 37.4 Å². The van der Waals surface area contributed by atoms with E-state index in [1.807, 2.05) is 0 Å². The van der Waals surface area contributed by atoms with E-state index < -0.39 is 24.0 Å². The van der Waals surface area contributed by atoms with E-state index in [0.29, 0.717) is 16.8 Å². The van der Waals surface area contributed by atoms with Gasteiger partial charge in [-0.1, -0.05) is 12.1 Å². The zero-order chi connectivity index (χ0) is 21.5. The van der Waals surface area contributed by atoms with Crippen LogP contribution in [0.4, 0.5) is 10.1 Å². The van der Waals surface area contributed by atoms with Crippen molar-refractivity contribution in [1.82, 2.24) is 18.7 Å². The maximum atomic E-state index is 13.8. The summed E-state index contributed by atoms with van der Waals surface area (Å²) >= 11 is 1.24. The number of hydrogen-bond acceptors (Lipinski definition) is 6. The number of benzene rings is 1. The van der Waals surface area contributed by atoms with Gasteiger partial charge in [-0.3, -0.25) is 14.2 Å². The molecule has 1 atom stereocenters. The normalized spacial score (nSPS) is 16.4. The van der Waals surface area contributed by atoms with E-state index in [2.05, 4.69) is 10.4 Å². The predicted molar refractivity (Wildman–Crippen MR) is 113 cm³/mol. The van der Waals surface area contributed by atoms with Gasteiger partial charge in [0.05, 0.1) is 23.9 Å². The lowest BCUT2D eigenvalue weighted by Gasteiger charge is -2.12. The molecule has 0 bridgehead atoms. The Bertz CT molecular complexity index is 1410. The minimum atomic E-state index is -0.606. The quantitative estimate of drug-likeness (QED) is 0.507. The van der Waals surface area contributed by atoms with Crippen molar-refractivity contribution < 1.29 is 13.9 Å². The first-order valence-corrected chi connectivity index (χ1v) is 10.7. The lowest BCUT2D eigenvalue weighted by atomic mass is 10.2. The zero-order valence-electron chi connectivity index (χ0n) is 16.3. The molecule has 5 rings (SSSR count). The second kappa shape index (κ2) is 7.75. The number of nitrogens with one attached hydrogen (secondary N) is 1. The lowest BCUT2D eigenvalue weighted by Crippen LogP contribution is -2.30. The highest BCUT2D eigenvalue weighted by molar-refractivity contribution is 7.17. The second-order valence-electron chi connectivity index (χ2n) is 7.29. The third-order valence-electron chi connectivity index (χ3n) is 5.24. The van der Waals surface area contributed by atoms with Crippen LogP contribution in [0.1, 0.15) is 12.8 Å². The zero-order valence-corrected chi connectivity index (χ0v) is 17.1. The van der Waals surface area contributed by atoms with Crippen LogP contribution >= 0.6 is 11.3 Å². The Hall–Kier alpha value is -3.31. The average Bonchev–Trinajstić information content (AvgIpc) is 3.48. The SMILES string of the molecule is O=C(Cn1nc2n(CC3CCCO3)c(=O)c3sccc3n2c1=O)Nc1ccccc1F. The molecular formula is C20H18FN5O4S. The third-order valence-corrected chi connectivity index (χ3v) is 6.13. The van der Waals surface area contributed by atoms with Crippen molar-refractivity contribution in [2.24, 2.45) is 0 Å². The van der Waals surface area contributed by atoms with Crippen molar-refractivity contribution in [2.75, 3.05) is 11.9 Å². The summed E-state index contributed by atoms with van der Waals surface area (Å²) in [7, 11) is 0. The van der Waals surface area contributed by atoms with Crippen molar-refractivity contribution in [1.29, 1.82) is 0 Å². The fraction of sp³-hybridized carbons (Fsp3) is 0.300. The number of ether oxygens (including phenoxy) is 1. The molecule has 1 N–H and O–H groups in total. The van der Waals surface area contributed by atoms with Gasteiger partial charge in [-0.15, -0.1) is 16.4 Å². The highest BCUT2D eigenvalue weighted by atomic mass is 32.1. The van der Waals surface area contributed by atoms with Crippen LogP contribution < -0.4 is 16.6 Å². The Morgan fingerprint density at radius 2 is 2.13 bits per heavy atom. The Labute approximate surface area is 178 Å². The van der Waals surface area contributed by atoms with Crippen molar-refractivity contribution in [3.63, 3.8) is 0 Å². The largest absolute Gasteiger partial charge is 0.376 e. The molecule has 3 aromatic heterocycles. The number of amides is 1. The van der Waals surface area contributed by atoms with Gasteiger partial charge in [0.1, 0.15) is 17.1 Å². The fourth-order valence-corrected chi connectivity index (χ4v) is 4.61. The van der Waals surface area contributed by atoms with Gasteiger partial charge in [0.2, 0.25) is 11.7 Å². The van der Waals surface area contributed by atoms with E-state index in [1.54, 1.807) is 17.5 Å². The van der Waals surface area contributed by atoms with Crippen LogP contribution in [0, 0.1) is 5.82 Å². The average molecular weight is 443 g/mol. The Kier molecular flexibility index (Phi) is 4.91. The van der Waals surface area contributed by atoms with Crippen LogP contribution in [-0.2, 0) is 22.6 Å². The summed E-state index contributed by atoms with van der Waals surface area (Å²) in [5.74, 6) is -1.04. The molecule has 1 aromatic carbocycles. The van der Waals surface area contributed by atoms with Gasteiger partial charge in [-0.2, -0.15) is 0 Å². The van der Waals surface area contributed by atoms with Crippen LogP contribution in [0.25, 0.3) is 16.0 Å². The van der Waals surface area contributed by atoms with E-state index in [0.717, 1.165) is 17.5 Å². The van der Waals surface area contributed by atoms with Crippen LogP contribution in [0.15, 0.2) is 45.3 Å². The first-order chi connectivity index (χ1) is 15.0. The smallest absolute Gasteiger partial charge is 0.352 e. The lowest BCUT2D eigenvalue weighted by molar-refractivity contribution is -0.117. The molecule has 1 aliphatic heterocycles. The number of halogens is 1. The molecule has 31 heavy (non-hydrogen) atoms. The number of fused-ring (bicyclic) bond motifs is 3. The molecule has 0 spiro atoms. The molecule has 4 aromatic rings. The van der Waals surface area contributed by atoms with E-state index in [-0.39, 0.29) is 29.7 Å². The van der Waals surface area contributed by atoms with Gasteiger partial charge in [-0.05, 0) is 36.4 Å². The molecular weight excluding hydrogens is 425 g/mol. The number of nitrogens with zero attached hydrogens (tertiary/aromatic N) is 4. The number of rotatable bonds is 5. The number of para-hydroxylation sites is 1. The molecule has 0 aliphatic carbocycles. The van der Waals surface area contributed by atoms with Crippen LogP contribution in [0.3, 0.4) is 0 Å². The Morgan fingerprint density at radius 1 is 1.29 bits per heavy atom. The number of thiophene rings is 1. The Morgan fingerprint density at radius 3 is 2.90 bits per heavy atom. The van der Waals surface area contributed by atoms with Gasteiger partial charge < -0.3 is 10.1 Å². The molecule has 160 valence electrons. The van der Waals surface area contributed by atoms with Crippen molar-refractivity contribution in [3.05, 3.63) is 62.4 Å². The summed E-state index contributed by atoms with van der Waals surface area (Å²) in [4.78, 5) is 38.5. The highest BCUT2D eigenvalue weighted by Gasteiger charge is 2.23.